The molecule has 5 N–H and O–H groups in total. The fourth-order valence-electron chi connectivity index (χ4n) is 2.32. The van der Waals surface area contributed by atoms with Gasteiger partial charge in [0.15, 0.2) is 5.25 Å². The summed E-state index contributed by atoms with van der Waals surface area (Å²) in [5.41, 5.74) is 0. The molecule has 0 spiro atoms. The van der Waals surface area contributed by atoms with Crippen LogP contribution in [0, 0.1) is 0 Å². The molecule has 25 heavy (non-hydrogen) atoms. The lowest BCUT2D eigenvalue weighted by Crippen LogP contribution is -2.38. The van der Waals surface area contributed by atoms with E-state index in [-0.39, 0.29) is 12.8 Å². The number of carbonyl (C=O) groups excluding carboxylic acids is 2. The molecule has 0 saturated carbocycles. The molecule has 9 heteroatoms. The standard InChI is InChI=1S/C16H30O7S.H3N/c1-2-3-4-5-6-7-8-9-10-11-12-23-16(19)14(13-15(17)18)24(20,21)22;/h14H,2-13H2,1H3,(H,17,18)(H,20,21,22);1H3. The molecule has 0 aliphatic carbocycles. The topological polar surface area (TPSA) is 157 Å². The fraction of sp³-hybridized carbons (Fsp3) is 0.875. The van der Waals surface area contributed by atoms with Crippen LogP contribution >= 0.6 is 0 Å². The summed E-state index contributed by atoms with van der Waals surface area (Å²) in [5.74, 6) is -2.99. The molecule has 1 atom stereocenters. The highest BCUT2D eigenvalue weighted by atomic mass is 32.2. The second-order valence-corrected chi connectivity index (χ2v) is 7.53. The Morgan fingerprint density at radius 3 is 1.80 bits per heavy atom. The Bertz CT molecular complexity index is 465. The quantitative estimate of drug-likeness (QED) is 0.249. The summed E-state index contributed by atoms with van der Waals surface area (Å²) >= 11 is 0. The van der Waals surface area contributed by atoms with Gasteiger partial charge in [-0.2, -0.15) is 8.42 Å². The van der Waals surface area contributed by atoms with Crippen LogP contribution in [0.2, 0.25) is 0 Å². The Morgan fingerprint density at radius 1 is 0.960 bits per heavy atom. The molecular formula is C16H33NO7S. The molecule has 0 aliphatic rings. The molecule has 0 heterocycles. The van der Waals surface area contributed by atoms with E-state index in [2.05, 4.69) is 6.92 Å². The summed E-state index contributed by atoms with van der Waals surface area (Å²) < 4.78 is 35.5. The van der Waals surface area contributed by atoms with Crippen molar-refractivity contribution in [2.24, 2.45) is 0 Å². The average Bonchev–Trinajstić information content (AvgIpc) is 2.48. The molecule has 8 nitrogen and oxygen atoms in total. The summed E-state index contributed by atoms with van der Waals surface area (Å²) in [7, 11) is -4.82. The molecule has 0 amide bonds. The van der Waals surface area contributed by atoms with E-state index in [0.717, 1.165) is 19.3 Å². The second-order valence-electron chi connectivity index (χ2n) is 5.93. The maximum Gasteiger partial charge on any atom is 0.327 e. The number of hydrogen-bond acceptors (Lipinski definition) is 6. The summed E-state index contributed by atoms with van der Waals surface area (Å²) in [5, 5.41) is 8.31. The third-order valence-corrected chi connectivity index (χ3v) is 4.79. The van der Waals surface area contributed by atoms with Crippen molar-refractivity contribution in [3.8, 4) is 0 Å². The zero-order valence-electron chi connectivity index (χ0n) is 15.4. The molecule has 1 unspecified atom stereocenters. The Balaban J connectivity index is 0. The monoisotopic (exact) mass is 383 g/mol. The van der Waals surface area contributed by atoms with E-state index in [1.165, 1.54) is 38.5 Å². The minimum absolute atomic E-state index is 0. The predicted molar refractivity (Wildman–Crippen MR) is 93.7 cm³/mol. The number of carboxylic acid groups (broad SMARTS) is 1. The lowest BCUT2D eigenvalue weighted by molar-refractivity contribution is -0.305. The van der Waals surface area contributed by atoms with Crippen molar-refractivity contribution < 1.29 is 32.4 Å². The molecule has 0 aliphatic heterocycles. The summed E-state index contributed by atoms with van der Waals surface area (Å²) in [6, 6.07) is 0. The molecule has 0 fully saturated rings. The molecule has 0 aromatic heterocycles. The van der Waals surface area contributed by atoms with Crippen molar-refractivity contribution in [1.82, 2.24) is 6.15 Å². The summed E-state index contributed by atoms with van der Waals surface area (Å²) in [6.45, 7) is 2.19. The van der Waals surface area contributed by atoms with Gasteiger partial charge in [-0.1, -0.05) is 64.7 Å². The molecule has 0 rings (SSSR count). The van der Waals surface area contributed by atoms with Gasteiger partial charge >= 0.3 is 5.97 Å². The molecular weight excluding hydrogens is 350 g/mol. The number of aliphatic carboxylic acids is 1. The van der Waals surface area contributed by atoms with Crippen molar-refractivity contribution in [3.05, 3.63) is 0 Å². The van der Waals surface area contributed by atoms with E-state index in [1.54, 1.807) is 0 Å². The zero-order valence-corrected chi connectivity index (χ0v) is 16.2. The SMILES string of the molecule is CCCCCCCCCCCCOC(=O)C(CC(=O)[O-])S(=O)(=O)O.[NH4+]. The zero-order chi connectivity index (χ0) is 18.4. The van der Waals surface area contributed by atoms with Crippen LogP contribution in [0.25, 0.3) is 0 Å². The number of unbranched alkanes of at least 4 members (excludes halogenated alkanes) is 9. The Labute approximate surface area is 150 Å². The van der Waals surface area contributed by atoms with Gasteiger partial charge in [0.1, 0.15) is 0 Å². The first-order valence-electron chi connectivity index (χ1n) is 8.61. The second kappa shape index (κ2) is 15.1. The predicted octanol–water partition coefficient (Wildman–Crippen LogP) is 2.22. The highest BCUT2D eigenvalue weighted by molar-refractivity contribution is 7.87. The van der Waals surface area contributed by atoms with Gasteiger partial charge in [-0.15, -0.1) is 0 Å². The Kier molecular flexibility index (Phi) is 15.7. The third-order valence-electron chi connectivity index (χ3n) is 3.72. The number of ether oxygens (including phenoxy) is 1. The van der Waals surface area contributed by atoms with Gasteiger partial charge in [0.2, 0.25) is 0 Å². The van der Waals surface area contributed by atoms with Gasteiger partial charge in [0.25, 0.3) is 10.1 Å². The normalized spacial score (nSPS) is 12.2. The van der Waals surface area contributed by atoms with Crippen LogP contribution in [0.3, 0.4) is 0 Å². The molecule has 0 aromatic rings. The van der Waals surface area contributed by atoms with E-state index in [1.807, 2.05) is 0 Å². The van der Waals surface area contributed by atoms with Gasteiger partial charge in [-0.3, -0.25) is 9.35 Å². The summed E-state index contributed by atoms with van der Waals surface area (Å²) in [4.78, 5) is 22.0. The molecule has 0 bridgehead atoms. The van der Waals surface area contributed by atoms with Crippen molar-refractivity contribution in [2.45, 2.75) is 82.8 Å². The van der Waals surface area contributed by atoms with Crippen molar-refractivity contribution in [3.63, 3.8) is 0 Å². The van der Waals surface area contributed by atoms with Crippen LogP contribution in [-0.4, -0.2) is 36.8 Å². The first-order valence-corrected chi connectivity index (χ1v) is 10.1. The highest BCUT2D eigenvalue weighted by Gasteiger charge is 2.32. The smallest absolute Gasteiger partial charge is 0.327 e. The average molecular weight is 384 g/mol. The largest absolute Gasteiger partial charge is 0.550 e. The minimum Gasteiger partial charge on any atom is -0.550 e. The van der Waals surface area contributed by atoms with E-state index < -0.39 is 33.7 Å². The van der Waals surface area contributed by atoms with Gasteiger partial charge in [0, 0.05) is 12.4 Å². The van der Waals surface area contributed by atoms with E-state index in [9.17, 15) is 23.1 Å². The Hall–Kier alpha value is -1.19. The molecule has 0 aromatic carbocycles. The maximum absolute atomic E-state index is 11.5. The summed E-state index contributed by atoms with van der Waals surface area (Å²) in [6.07, 6.45) is 9.90. The van der Waals surface area contributed by atoms with Gasteiger partial charge in [0.05, 0.1) is 6.61 Å². The molecule has 0 radical (unpaired) electrons. The maximum atomic E-state index is 11.5. The number of carbonyl (C=O) groups is 2. The number of rotatable bonds is 15. The van der Waals surface area contributed by atoms with Gasteiger partial charge in [-0.25, -0.2) is 0 Å². The molecule has 150 valence electrons. The Morgan fingerprint density at radius 2 is 1.40 bits per heavy atom. The number of quaternary nitrogens is 1. The first-order chi connectivity index (χ1) is 11.3. The van der Waals surface area contributed by atoms with Gasteiger partial charge < -0.3 is 20.8 Å². The van der Waals surface area contributed by atoms with Crippen LogP contribution in [-0.2, 0) is 24.4 Å². The van der Waals surface area contributed by atoms with Crippen LogP contribution in [0.15, 0.2) is 0 Å². The number of hydrogen-bond donors (Lipinski definition) is 2. The first kappa shape index (κ1) is 26.0. The minimum atomic E-state index is -4.82. The van der Waals surface area contributed by atoms with E-state index >= 15 is 0 Å². The van der Waals surface area contributed by atoms with Gasteiger partial charge in [-0.05, 0) is 6.42 Å². The fourth-order valence-corrected chi connectivity index (χ4v) is 2.97. The lowest BCUT2D eigenvalue weighted by atomic mass is 10.1. The van der Waals surface area contributed by atoms with Crippen LogP contribution in [0.1, 0.15) is 77.6 Å². The van der Waals surface area contributed by atoms with Crippen molar-refractivity contribution in [1.29, 1.82) is 0 Å². The highest BCUT2D eigenvalue weighted by Crippen LogP contribution is 2.11. The molecule has 0 saturated heterocycles. The van der Waals surface area contributed by atoms with E-state index in [0.29, 0.717) is 6.42 Å². The van der Waals surface area contributed by atoms with Crippen molar-refractivity contribution >= 4 is 22.1 Å². The van der Waals surface area contributed by atoms with Crippen LogP contribution in [0.4, 0.5) is 0 Å². The number of carboxylic acids is 1. The number of esters is 1. The van der Waals surface area contributed by atoms with Crippen LogP contribution < -0.4 is 11.3 Å². The third kappa shape index (κ3) is 14.8. The van der Waals surface area contributed by atoms with E-state index in [4.69, 9.17) is 9.29 Å². The van der Waals surface area contributed by atoms with Crippen molar-refractivity contribution in [2.75, 3.05) is 6.61 Å². The lowest BCUT2D eigenvalue weighted by Gasteiger charge is -2.13. The van der Waals surface area contributed by atoms with Crippen LogP contribution in [0.5, 0.6) is 0 Å².